The molecule has 142 valence electrons. The summed E-state index contributed by atoms with van der Waals surface area (Å²) in [7, 11) is 0. The molecule has 4 aromatic rings. The summed E-state index contributed by atoms with van der Waals surface area (Å²) < 4.78 is 15.3. The zero-order valence-corrected chi connectivity index (χ0v) is 15.5. The van der Waals surface area contributed by atoms with Crippen molar-refractivity contribution < 1.29 is 4.39 Å². The molecular weight excluding hydrogens is 353 g/mol. The van der Waals surface area contributed by atoms with Crippen LogP contribution in [0, 0.1) is 5.82 Å². The van der Waals surface area contributed by atoms with Crippen LogP contribution in [0.4, 0.5) is 10.2 Å². The third-order valence-corrected chi connectivity index (χ3v) is 4.64. The van der Waals surface area contributed by atoms with Crippen LogP contribution in [-0.4, -0.2) is 27.7 Å². The molecule has 3 N–H and O–H groups in total. The number of fused-ring (bicyclic) bond motifs is 1. The fourth-order valence-corrected chi connectivity index (χ4v) is 3.26. The van der Waals surface area contributed by atoms with E-state index in [0.29, 0.717) is 6.54 Å². The summed E-state index contributed by atoms with van der Waals surface area (Å²) in [4.78, 5) is 4.42. The molecule has 0 bridgehead atoms. The number of rotatable bonds is 7. The molecule has 0 fully saturated rings. The minimum atomic E-state index is -0.262. The van der Waals surface area contributed by atoms with Crippen LogP contribution in [0.25, 0.3) is 27.9 Å². The Morgan fingerprint density at radius 2 is 1.86 bits per heavy atom. The van der Waals surface area contributed by atoms with Crippen molar-refractivity contribution in [3.05, 3.63) is 72.8 Å². The second-order valence-electron chi connectivity index (χ2n) is 6.61. The van der Waals surface area contributed by atoms with Crippen molar-refractivity contribution in [1.82, 2.24) is 14.6 Å². The van der Waals surface area contributed by atoms with Gasteiger partial charge in [0.25, 0.3) is 0 Å². The average Bonchev–Trinajstić information content (AvgIpc) is 3.11. The molecule has 3 heterocycles. The third kappa shape index (κ3) is 3.73. The fraction of sp³-hybridized carbons (Fsp3) is 0.182. The summed E-state index contributed by atoms with van der Waals surface area (Å²) in [6, 6.07) is 16.4. The van der Waals surface area contributed by atoms with Gasteiger partial charge in [0, 0.05) is 30.1 Å². The van der Waals surface area contributed by atoms with Crippen LogP contribution < -0.4 is 11.1 Å². The Morgan fingerprint density at radius 3 is 2.68 bits per heavy atom. The lowest BCUT2D eigenvalue weighted by Gasteiger charge is -2.08. The maximum Gasteiger partial charge on any atom is 0.126 e. The first-order valence-corrected chi connectivity index (χ1v) is 9.40. The van der Waals surface area contributed by atoms with Crippen LogP contribution in [0.3, 0.4) is 0 Å². The molecule has 0 atom stereocenters. The van der Waals surface area contributed by atoms with Crippen LogP contribution in [0.5, 0.6) is 0 Å². The van der Waals surface area contributed by atoms with Crippen LogP contribution in [-0.2, 0) is 0 Å². The number of benzene rings is 1. The largest absolute Gasteiger partial charge is 0.370 e. The SMILES string of the molecule is NCCCCNc1cc(-c2c(-c3ccc(F)cc3)nn3ccccc23)ccn1. The van der Waals surface area contributed by atoms with E-state index in [2.05, 4.69) is 10.3 Å². The molecule has 1 aromatic carbocycles. The highest BCUT2D eigenvalue weighted by molar-refractivity contribution is 5.92. The first-order valence-electron chi connectivity index (χ1n) is 9.40. The lowest BCUT2D eigenvalue weighted by molar-refractivity contribution is 0.628. The summed E-state index contributed by atoms with van der Waals surface area (Å²) in [5, 5.41) is 8.10. The molecule has 0 aliphatic rings. The Bertz CT molecular complexity index is 1070. The van der Waals surface area contributed by atoms with E-state index < -0.39 is 0 Å². The van der Waals surface area contributed by atoms with Crippen molar-refractivity contribution in [2.24, 2.45) is 5.73 Å². The minimum Gasteiger partial charge on any atom is -0.370 e. The number of anilines is 1. The van der Waals surface area contributed by atoms with E-state index in [0.717, 1.165) is 53.1 Å². The average molecular weight is 375 g/mol. The van der Waals surface area contributed by atoms with Gasteiger partial charge >= 0.3 is 0 Å². The van der Waals surface area contributed by atoms with Gasteiger partial charge in [0.1, 0.15) is 17.3 Å². The molecule has 5 nitrogen and oxygen atoms in total. The van der Waals surface area contributed by atoms with Gasteiger partial charge in [0.15, 0.2) is 0 Å². The number of halogens is 1. The van der Waals surface area contributed by atoms with Gasteiger partial charge in [-0.3, -0.25) is 0 Å². The molecule has 0 aliphatic heterocycles. The van der Waals surface area contributed by atoms with Gasteiger partial charge in [-0.1, -0.05) is 6.07 Å². The summed E-state index contributed by atoms with van der Waals surface area (Å²) in [6.45, 7) is 1.52. The van der Waals surface area contributed by atoms with Gasteiger partial charge in [-0.25, -0.2) is 13.9 Å². The van der Waals surface area contributed by atoms with Crippen molar-refractivity contribution in [2.45, 2.75) is 12.8 Å². The molecule has 28 heavy (non-hydrogen) atoms. The molecule has 0 aliphatic carbocycles. The van der Waals surface area contributed by atoms with Gasteiger partial charge in [0.2, 0.25) is 0 Å². The summed E-state index contributed by atoms with van der Waals surface area (Å²) in [5.74, 6) is 0.553. The van der Waals surface area contributed by atoms with Crippen molar-refractivity contribution in [1.29, 1.82) is 0 Å². The maximum absolute atomic E-state index is 13.4. The van der Waals surface area contributed by atoms with Crippen LogP contribution in [0.2, 0.25) is 0 Å². The summed E-state index contributed by atoms with van der Waals surface area (Å²) in [5.41, 5.74) is 10.2. The van der Waals surface area contributed by atoms with Crippen LogP contribution in [0.15, 0.2) is 67.0 Å². The minimum absolute atomic E-state index is 0.262. The van der Waals surface area contributed by atoms with E-state index in [-0.39, 0.29) is 5.82 Å². The number of nitrogens with zero attached hydrogens (tertiary/aromatic N) is 3. The number of unbranched alkanes of at least 4 members (excludes halogenated alkanes) is 1. The third-order valence-electron chi connectivity index (χ3n) is 4.64. The van der Waals surface area contributed by atoms with Crippen molar-refractivity contribution >= 4 is 11.3 Å². The monoisotopic (exact) mass is 375 g/mol. The Hall–Kier alpha value is -3.25. The quantitative estimate of drug-likeness (QED) is 0.471. The highest BCUT2D eigenvalue weighted by Crippen LogP contribution is 2.35. The molecule has 6 heteroatoms. The molecule has 0 unspecified atom stereocenters. The first kappa shape index (κ1) is 18.1. The molecule has 0 amide bonds. The van der Waals surface area contributed by atoms with E-state index in [4.69, 9.17) is 10.8 Å². The molecular formula is C22H22FN5. The zero-order chi connectivity index (χ0) is 19.3. The normalized spacial score (nSPS) is 11.1. The van der Waals surface area contributed by atoms with E-state index in [1.165, 1.54) is 12.1 Å². The summed E-state index contributed by atoms with van der Waals surface area (Å²) in [6.07, 6.45) is 5.69. The smallest absolute Gasteiger partial charge is 0.126 e. The van der Waals surface area contributed by atoms with Crippen molar-refractivity contribution in [3.8, 4) is 22.4 Å². The number of hydrogen-bond acceptors (Lipinski definition) is 4. The second-order valence-corrected chi connectivity index (χ2v) is 6.61. The van der Waals surface area contributed by atoms with E-state index in [1.807, 2.05) is 41.0 Å². The Morgan fingerprint density at radius 1 is 1.00 bits per heavy atom. The second kappa shape index (κ2) is 8.19. The Labute approximate surface area is 163 Å². The van der Waals surface area contributed by atoms with Gasteiger partial charge in [-0.15, -0.1) is 0 Å². The lowest BCUT2D eigenvalue weighted by atomic mass is 10.0. The van der Waals surface area contributed by atoms with E-state index >= 15 is 0 Å². The first-order chi connectivity index (χ1) is 13.8. The summed E-state index contributed by atoms with van der Waals surface area (Å²) >= 11 is 0. The predicted molar refractivity (Wildman–Crippen MR) is 111 cm³/mol. The van der Waals surface area contributed by atoms with E-state index in [9.17, 15) is 4.39 Å². The maximum atomic E-state index is 13.4. The highest BCUT2D eigenvalue weighted by Gasteiger charge is 2.16. The van der Waals surface area contributed by atoms with E-state index in [1.54, 1.807) is 18.3 Å². The van der Waals surface area contributed by atoms with Crippen LogP contribution >= 0.6 is 0 Å². The van der Waals surface area contributed by atoms with Crippen LogP contribution in [0.1, 0.15) is 12.8 Å². The molecule has 3 aromatic heterocycles. The number of aromatic nitrogens is 3. The van der Waals surface area contributed by atoms with Gasteiger partial charge < -0.3 is 11.1 Å². The van der Waals surface area contributed by atoms with Crippen molar-refractivity contribution in [2.75, 3.05) is 18.4 Å². The molecule has 0 saturated heterocycles. The molecule has 0 spiro atoms. The number of hydrogen-bond donors (Lipinski definition) is 2. The van der Waals surface area contributed by atoms with Gasteiger partial charge in [0.05, 0.1) is 5.52 Å². The number of pyridine rings is 2. The van der Waals surface area contributed by atoms with Gasteiger partial charge in [-0.05, 0) is 73.5 Å². The lowest BCUT2D eigenvalue weighted by Crippen LogP contribution is -2.06. The standard InChI is InChI=1S/C22H22FN5/c23-18-8-6-16(7-9-18)22-21(19-5-1-4-14-28(19)27-22)17-10-13-26-20(15-17)25-12-3-2-11-24/h1,4-10,13-15H,2-3,11-12,24H2,(H,25,26). The highest BCUT2D eigenvalue weighted by atomic mass is 19.1. The molecule has 0 radical (unpaired) electrons. The topological polar surface area (TPSA) is 68.2 Å². The van der Waals surface area contributed by atoms with Gasteiger partial charge in [-0.2, -0.15) is 5.10 Å². The number of nitrogens with two attached hydrogens (primary N) is 1. The Kier molecular flexibility index (Phi) is 5.30. The predicted octanol–water partition coefficient (Wildman–Crippen LogP) is 4.35. The van der Waals surface area contributed by atoms with Crippen molar-refractivity contribution in [3.63, 3.8) is 0 Å². The fourth-order valence-electron chi connectivity index (χ4n) is 3.26. The zero-order valence-electron chi connectivity index (χ0n) is 15.5. The number of nitrogens with one attached hydrogen (secondary N) is 1. The molecule has 0 saturated carbocycles. The molecule has 4 rings (SSSR count). The Balaban J connectivity index is 1.77.